The van der Waals surface area contributed by atoms with Gasteiger partial charge in [0.2, 0.25) is 0 Å². The molecule has 0 spiro atoms. The van der Waals surface area contributed by atoms with Crippen molar-refractivity contribution in [1.82, 2.24) is 4.90 Å². The predicted molar refractivity (Wildman–Crippen MR) is 167 cm³/mol. The minimum Gasteiger partial charge on any atom is -0.445 e. The fourth-order valence-corrected chi connectivity index (χ4v) is 5.24. The van der Waals surface area contributed by atoms with Gasteiger partial charge in [-0.15, -0.1) is 0 Å². The maximum absolute atomic E-state index is 12.2. The molecule has 2 N–H and O–H groups in total. The molecule has 0 bridgehead atoms. The van der Waals surface area contributed by atoms with E-state index in [9.17, 15) is 9.90 Å². The summed E-state index contributed by atoms with van der Waals surface area (Å²) in [6.45, 7) is 5.95. The third kappa shape index (κ3) is 8.86. The van der Waals surface area contributed by atoms with E-state index >= 15 is 0 Å². The molecule has 1 aliphatic rings. The molecule has 7 nitrogen and oxygen atoms in total. The van der Waals surface area contributed by atoms with E-state index in [0.717, 1.165) is 29.8 Å². The van der Waals surface area contributed by atoms with Crippen LogP contribution in [0.5, 0.6) is 0 Å². The summed E-state index contributed by atoms with van der Waals surface area (Å²) in [5.74, 6) is 0. The summed E-state index contributed by atoms with van der Waals surface area (Å²) in [4.78, 5) is 14.6. The van der Waals surface area contributed by atoms with Crippen LogP contribution in [-0.4, -0.2) is 35.4 Å². The van der Waals surface area contributed by atoms with Crippen LogP contribution in [0.3, 0.4) is 0 Å². The van der Waals surface area contributed by atoms with E-state index in [0.29, 0.717) is 18.7 Å². The molecule has 4 aromatic rings. The van der Waals surface area contributed by atoms with Crippen molar-refractivity contribution >= 4 is 11.8 Å². The average Bonchev–Trinajstić information content (AvgIpc) is 3.05. The average molecular weight is 579 g/mol. The molecule has 3 unspecified atom stereocenters. The minimum absolute atomic E-state index is 0.0108. The predicted octanol–water partition coefficient (Wildman–Crippen LogP) is 7.16. The number of hydrogen-bond donors (Lipinski definition) is 2. The number of ether oxygens (including phenoxy) is 3. The molecule has 1 amide bonds. The zero-order chi connectivity index (χ0) is 29.9. The van der Waals surface area contributed by atoms with Crippen LogP contribution < -0.4 is 5.32 Å². The van der Waals surface area contributed by atoms with Crippen LogP contribution in [0.15, 0.2) is 122 Å². The van der Waals surface area contributed by atoms with Gasteiger partial charge in [0.25, 0.3) is 0 Å². The Hall–Kier alpha value is -4.27. The van der Waals surface area contributed by atoms with Gasteiger partial charge in [-0.05, 0) is 34.4 Å². The maximum atomic E-state index is 12.2. The summed E-state index contributed by atoms with van der Waals surface area (Å²) in [6, 6.07) is 36.2. The van der Waals surface area contributed by atoms with E-state index in [2.05, 4.69) is 65.3 Å². The molecule has 0 radical (unpaired) electrons. The van der Waals surface area contributed by atoms with Crippen molar-refractivity contribution in [2.75, 3.05) is 18.5 Å². The standard InChI is InChI=1S/C36H38N2O5/c1-2-20-41-36(40)37-32-15-9-14-31(21-32)35-42-33(22-34(43-35)30-18-16-29(26-39)17-19-30)25-38(23-27-10-5-3-6-11-27)24-28-12-7-4-8-13-28/h2-19,21,33-35,39H,1,20,22-26H2,(H,37,40). The molecule has 43 heavy (non-hydrogen) atoms. The molecule has 222 valence electrons. The van der Waals surface area contributed by atoms with Crippen molar-refractivity contribution in [2.45, 2.75) is 44.6 Å². The van der Waals surface area contributed by atoms with Gasteiger partial charge in [-0.1, -0.05) is 110 Å². The number of anilines is 1. The van der Waals surface area contributed by atoms with Crippen LogP contribution in [-0.2, 0) is 33.9 Å². The number of amides is 1. The van der Waals surface area contributed by atoms with Crippen LogP contribution in [0.1, 0.15) is 46.6 Å². The number of nitrogens with one attached hydrogen (secondary N) is 1. The summed E-state index contributed by atoms with van der Waals surface area (Å²) in [7, 11) is 0. The van der Waals surface area contributed by atoms with Crippen molar-refractivity contribution in [3.63, 3.8) is 0 Å². The highest BCUT2D eigenvalue weighted by Gasteiger charge is 2.33. The van der Waals surface area contributed by atoms with Gasteiger partial charge >= 0.3 is 6.09 Å². The third-order valence-electron chi connectivity index (χ3n) is 7.31. The van der Waals surface area contributed by atoms with E-state index in [4.69, 9.17) is 14.2 Å². The van der Waals surface area contributed by atoms with E-state index in [1.54, 1.807) is 6.07 Å². The number of aliphatic hydroxyl groups excluding tert-OH is 1. The van der Waals surface area contributed by atoms with Gasteiger partial charge in [-0.3, -0.25) is 10.2 Å². The minimum atomic E-state index is -0.650. The van der Waals surface area contributed by atoms with Gasteiger partial charge in [0.05, 0.1) is 18.8 Å². The first-order valence-electron chi connectivity index (χ1n) is 14.5. The van der Waals surface area contributed by atoms with Crippen molar-refractivity contribution in [3.8, 4) is 0 Å². The lowest BCUT2D eigenvalue weighted by Crippen LogP contribution is -2.39. The van der Waals surface area contributed by atoms with Crippen LogP contribution in [0.25, 0.3) is 0 Å². The molecule has 0 saturated carbocycles. The van der Waals surface area contributed by atoms with E-state index < -0.39 is 12.4 Å². The molecule has 3 atom stereocenters. The summed E-state index contributed by atoms with van der Waals surface area (Å²) >= 11 is 0. The second-order valence-electron chi connectivity index (χ2n) is 10.6. The number of aliphatic hydroxyl groups is 1. The SMILES string of the molecule is C=CCOC(=O)Nc1cccc(C2OC(CN(Cc3ccccc3)Cc3ccccc3)CC(c3ccc(CO)cc3)O2)c1. The molecule has 7 heteroatoms. The zero-order valence-electron chi connectivity index (χ0n) is 24.2. The van der Waals surface area contributed by atoms with Crippen LogP contribution >= 0.6 is 0 Å². The highest BCUT2D eigenvalue weighted by molar-refractivity contribution is 5.84. The Balaban J connectivity index is 1.39. The lowest BCUT2D eigenvalue weighted by Gasteiger charge is -2.38. The number of benzene rings is 4. The van der Waals surface area contributed by atoms with Crippen LogP contribution in [0, 0.1) is 0 Å². The molecular formula is C36H38N2O5. The molecule has 1 fully saturated rings. The Bertz CT molecular complexity index is 1400. The topological polar surface area (TPSA) is 80.3 Å². The monoisotopic (exact) mass is 578 g/mol. The Labute approximate surface area is 253 Å². The van der Waals surface area contributed by atoms with Crippen molar-refractivity contribution in [1.29, 1.82) is 0 Å². The first-order valence-corrected chi connectivity index (χ1v) is 14.5. The molecule has 0 aliphatic carbocycles. The Morgan fingerprint density at radius 1 is 0.860 bits per heavy atom. The van der Waals surface area contributed by atoms with Crippen molar-refractivity contribution < 1.29 is 24.1 Å². The second kappa shape index (κ2) is 15.3. The highest BCUT2D eigenvalue weighted by atomic mass is 16.7. The third-order valence-corrected chi connectivity index (χ3v) is 7.31. The Kier molecular flexibility index (Phi) is 10.7. The van der Waals surface area contributed by atoms with Crippen molar-refractivity contribution in [3.05, 3.63) is 150 Å². The Morgan fingerprint density at radius 3 is 2.16 bits per heavy atom. The molecule has 4 aromatic carbocycles. The smallest absolute Gasteiger partial charge is 0.411 e. The largest absolute Gasteiger partial charge is 0.445 e. The second-order valence-corrected chi connectivity index (χ2v) is 10.6. The van der Waals surface area contributed by atoms with Gasteiger partial charge in [0, 0.05) is 37.3 Å². The molecular weight excluding hydrogens is 540 g/mol. The number of nitrogens with zero attached hydrogens (tertiary/aromatic N) is 1. The fraction of sp³-hybridized carbons (Fsp3) is 0.250. The number of rotatable bonds is 12. The highest BCUT2D eigenvalue weighted by Crippen LogP contribution is 2.39. The molecule has 1 saturated heterocycles. The summed E-state index contributed by atoms with van der Waals surface area (Å²) in [6.07, 6.45) is 0.624. The van der Waals surface area contributed by atoms with Crippen molar-refractivity contribution in [2.24, 2.45) is 0 Å². The normalized spacial score (nSPS) is 18.2. The quantitative estimate of drug-likeness (QED) is 0.174. The maximum Gasteiger partial charge on any atom is 0.411 e. The first kappa shape index (κ1) is 30.2. The van der Waals surface area contributed by atoms with Crippen LogP contribution in [0.4, 0.5) is 10.5 Å². The van der Waals surface area contributed by atoms with Gasteiger partial charge in [-0.2, -0.15) is 0 Å². The number of carbonyl (C=O) groups is 1. The van der Waals surface area contributed by atoms with E-state index in [1.807, 2.05) is 54.6 Å². The lowest BCUT2D eigenvalue weighted by molar-refractivity contribution is -0.253. The van der Waals surface area contributed by atoms with Gasteiger partial charge < -0.3 is 19.3 Å². The molecule has 1 heterocycles. The van der Waals surface area contributed by atoms with Gasteiger partial charge in [0.1, 0.15) is 6.61 Å². The zero-order valence-corrected chi connectivity index (χ0v) is 24.2. The summed E-state index contributed by atoms with van der Waals surface area (Å²) < 4.78 is 18.3. The molecule has 1 aliphatic heterocycles. The lowest BCUT2D eigenvalue weighted by atomic mass is 9.99. The van der Waals surface area contributed by atoms with E-state index in [1.165, 1.54) is 17.2 Å². The first-order chi connectivity index (χ1) is 21.1. The Morgan fingerprint density at radius 2 is 1.53 bits per heavy atom. The summed E-state index contributed by atoms with van der Waals surface area (Å²) in [5.41, 5.74) is 5.72. The van der Waals surface area contributed by atoms with Crippen LogP contribution in [0.2, 0.25) is 0 Å². The van der Waals surface area contributed by atoms with E-state index in [-0.39, 0.29) is 25.4 Å². The summed E-state index contributed by atoms with van der Waals surface area (Å²) in [5, 5.41) is 12.3. The molecule has 0 aromatic heterocycles. The van der Waals surface area contributed by atoms with Gasteiger partial charge in [-0.25, -0.2) is 4.79 Å². The number of hydrogen-bond acceptors (Lipinski definition) is 6. The number of carbonyl (C=O) groups excluding carboxylic acids is 1. The molecule has 5 rings (SSSR count). The van der Waals surface area contributed by atoms with Gasteiger partial charge in [0.15, 0.2) is 6.29 Å². The fourth-order valence-electron chi connectivity index (χ4n) is 5.24.